The molecule has 15 heavy (non-hydrogen) atoms. The Labute approximate surface area is 102 Å². The number of carbonyl (C=O) groups is 1. The van der Waals surface area contributed by atoms with Gasteiger partial charge in [-0.25, -0.2) is 4.98 Å². The van der Waals surface area contributed by atoms with Gasteiger partial charge in [-0.3, -0.25) is 4.79 Å². The predicted molar refractivity (Wildman–Crippen MR) is 68.1 cm³/mol. The Kier molecular flexibility index (Phi) is 5.11. The van der Waals surface area contributed by atoms with Crippen LogP contribution in [0, 0.1) is 5.92 Å². The molecule has 82 valence electrons. The van der Waals surface area contributed by atoms with Crippen LogP contribution in [-0.2, 0) is 4.79 Å². The zero-order valence-electron chi connectivity index (χ0n) is 8.66. The van der Waals surface area contributed by atoms with Crippen LogP contribution in [0.1, 0.15) is 6.92 Å². The van der Waals surface area contributed by atoms with Crippen molar-refractivity contribution in [2.24, 2.45) is 5.92 Å². The molecule has 0 aliphatic rings. The van der Waals surface area contributed by atoms with Crippen molar-refractivity contribution in [3.05, 3.63) is 22.8 Å². The fourth-order valence-electron chi connectivity index (χ4n) is 1.04. The molecule has 0 aromatic carbocycles. The summed E-state index contributed by atoms with van der Waals surface area (Å²) in [5, 5.41) is 2.78. The number of anilines is 1. The van der Waals surface area contributed by atoms with Crippen LogP contribution in [0.25, 0.3) is 0 Å². The quantitative estimate of drug-likeness (QED) is 0.926. The molecule has 0 saturated carbocycles. The number of hydrogen-bond acceptors (Lipinski definition) is 3. The second-order valence-corrected chi connectivity index (χ2v) is 4.94. The summed E-state index contributed by atoms with van der Waals surface area (Å²) in [4.78, 5) is 15.7. The standard InChI is InChI=1S/C10H13BrN2OS/c1-7(6-15-2)10(14)13-9-8(11)4-3-5-12-9/h3-5,7H,6H2,1-2H3,(H,12,13,14). The summed E-state index contributed by atoms with van der Waals surface area (Å²) in [7, 11) is 0. The lowest BCUT2D eigenvalue weighted by molar-refractivity contribution is -0.118. The number of halogens is 1. The molecule has 5 heteroatoms. The Morgan fingerprint density at radius 2 is 2.47 bits per heavy atom. The van der Waals surface area contributed by atoms with E-state index in [1.54, 1.807) is 18.0 Å². The minimum Gasteiger partial charge on any atom is -0.310 e. The summed E-state index contributed by atoms with van der Waals surface area (Å²) >= 11 is 4.99. The summed E-state index contributed by atoms with van der Waals surface area (Å²) in [5.74, 6) is 1.39. The maximum absolute atomic E-state index is 11.7. The number of pyridine rings is 1. The van der Waals surface area contributed by atoms with Gasteiger partial charge in [-0.2, -0.15) is 11.8 Å². The number of nitrogens with zero attached hydrogens (tertiary/aromatic N) is 1. The SMILES string of the molecule is CSCC(C)C(=O)Nc1ncccc1Br. The van der Waals surface area contributed by atoms with Crippen molar-refractivity contribution >= 4 is 39.4 Å². The van der Waals surface area contributed by atoms with E-state index in [9.17, 15) is 4.79 Å². The largest absolute Gasteiger partial charge is 0.310 e. The van der Waals surface area contributed by atoms with E-state index < -0.39 is 0 Å². The van der Waals surface area contributed by atoms with E-state index in [0.29, 0.717) is 5.82 Å². The zero-order chi connectivity index (χ0) is 11.3. The molecule has 1 aromatic heterocycles. The Morgan fingerprint density at radius 1 is 1.73 bits per heavy atom. The predicted octanol–water partition coefficient (Wildman–Crippen LogP) is 2.78. The third-order valence-electron chi connectivity index (χ3n) is 1.86. The summed E-state index contributed by atoms with van der Waals surface area (Å²) in [6, 6.07) is 3.66. The molecule has 1 rings (SSSR count). The van der Waals surface area contributed by atoms with Gasteiger partial charge in [0, 0.05) is 17.9 Å². The van der Waals surface area contributed by atoms with Crippen LogP contribution in [0.5, 0.6) is 0 Å². The van der Waals surface area contributed by atoms with Gasteiger partial charge in [0.15, 0.2) is 0 Å². The lowest BCUT2D eigenvalue weighted by Gasteiger charge is -2.10. The third kappa shape index (κ3) is 3.83. The van der Waals surface area contributed by atoms with E-state index >= 15 is 0 Å². The minimum atomic E-state index is -0.00564. The second-order valence-electron chi connectivity index (χ2n) is 3.18. The molecular weight excluding hydrogens is 276 g/mol. The highest BCUT2D eigenvalue weighted by Gasteiger charge is 2.13. The van der Waals surface area contributed by atoms with E-state index in [4.69, 9.17) is 0 Å². The lowest BCUT2D eigenvalue weighted by atomic mass is 10.2. The topological polar surface area (TPSA) is 42.0 Å². The maximum atomic E-state index is 11.7. The number of nitrogens with one attached hydrogen (secondary N) is 1. The zero-order valence-corrected chi connectivity index (χ0v) is 11.1. The van der Waals surface area contributed by atoms with Gasteiger partial charge in [-0.15, -0.1) is 0 Å². The van der Waals surface area contributed by atoms with Crippen LogP contribution in [-0.4, -0.2) is 22.9 Å². The van der Waals surface area contributed by atoms with Crippen molar-refractivity contribution in [3.63, 3.8) is 0 Å². The minimum absolute atomic E-state index is 0.00347. The van der Waals surface area contributed by atoms with Gasteiger partial charge >= 0.3 is 0 Å². The summed E-state index contributed by atoms with van der Waals surface area (Å²) in [6.07, 6.45) is 3.64. The molecule has 0 radical (unpaired) electrons. The van der Waals surface area contributed by atoms with Gasteiger partial charge in [-0.1, -0.05) is 6.92 Å². The summed E-state index contributed by atoms with van der Waals surface area (Å²) in [6.45, 7) is 1.91. The van der Waals surface area contributed by atoms with Crippen LogP contribution >= 0.6 is 27.7 Å². The Morgan fingerprint density at radius 3 is 3.07 bits per heavy atom. The van der Waals surface area contributed by atoms with Crippen molar-refractivity contribution < 1.29 is 4.79 Å². The molecule has 0 bridgehead atoms. The number of hydrogen-bond donors (Lipinski definition) is 1. The van der Waals surface area contributed by atoms with Crippen LogP contribution < -0.4 is 5.32 Å². The van der Waals surface area contributed by atoms with E-state index in [1.165, 1.54) is 0 Å². The number of thioether (sulfide) groups is 1. The van der Waals surface area contributed by atoms with Gasteiger partial charge < -0.3 is 5.32 Å². The van der Waals surface area contributed by atoms with Gasteiger partial charge in [-0.05, 0) is 34.3 Å². The third-order valence-corrected chi connectivity index (χ3v) is 3.34. The van der Waals surface area contributed by atoms with Gasteiger partial charge in [0.1, 0.15) is 5.82 Å². The number of aromatic nitrogens is 1. The number of rotatable bonds is 4. The van der Waals surface area contributed by atoms with Gasteiger partial charge in [0.05, 0.1) is 4.47 Å². The van der Waals surface area contributed by atoms with Crippen molar-refractivity contribution in [3.8, 4) is 0 Å². The van der Waals surface area contributed by atoms with Crippen LogP contribution in [0.15, 0.2) is 22.8 Å². The van der Waals surface area contributed by atoms with Crippen LogP contribution in [0.3, 0.4) is 0 Å². The lowest BCUT2D eigenvalue weighted by Crippen LogP contribution is -2.22. The average molecular weight is 289 g/mol. The Hall–Kier alpha value is -0.550. The first kappa shape index (κ1) is 12.5. The van der Waals surface area contributed by atoms with Gasteiger partial charge in [0.25, 0.3) is 0 Å². The van der Waals surface area contributed by atoms with E-state index in [2.05, 4.69) is 26.2 Å². The monoisotopic (exact) mass is 288 g/mol. The summed E-state index contributed by atoms with van der Waals surface area (Å²) < 4.78 is 0.801. The highest BCUT2D eigenvalue weighted by Crippen LogP contribution is 2.19. The van der Waals surface area contributed by atoms with Gasteiger partial charge in [0.2, 0.25) is 5.91 Å². The average Bonchev–Trinajstić information content (AvgIpc) is 2.21. The fraction of sp³-hybridized carbons (Fsp3) is 0.400. The molecular formula is C10H13BrN2OS. The first-order valence-corrected chi connectivity index (χ1v) is 6.74. The highest BCUT2D eigenvalue weighted by molar-refractivity contribution is 9.10. The molecule has 1 aromatic rings. The first-order valence-electron chi connectivity index (χ1n) is 4.55. The Bertz CT molecular complexity index is 346. The summed E-state index contributed by atoms with van der Waals surface area (Å²) in [5.41, 5.74) is 0. The second kappa shape index (κ2) is 6.12. The smallest absolute Gasteiger partial charge is 0.229 e. The molecule has 1 N–H and O–H groups in total. The van der Waals surface area contributed by atoms with Crippen molar-refractivity contribution in [2.45, 2.75) is 6.92 Å². The normalized spacial score (nSPS) is 12.2. The molecule has 1 atom stereocenters. The molecule has 0 aliphatic heterocycles. The van der Waals surface area contributed by atoms with Crippen molar-refractivity contribution in [2.75, 3.05) is 17.3 Å². The highest BCUT2D eigenvalue weighted by atomic mass is 79.9. The van der Waals surface area contributed by atoms with Crippen LogP contribution in [0.2, 0.25) is 0 Å². The van der Waals surface area contributed by atoms with E-state index in [1.807, 2.05) is 25.3 Å². The number of carbonyl (C=O) groups excluding carboxylic acids is 1. The molecule has 0 fully saturated rings. The van der Waals surface area contributed by atoms with Crippen LogP contribution in [0.4, 0.5) is 5.82 Å². The maximum Gasteiger partial charge on any atom is 0.229 e. The molecule has 1 heterocycles. The molecule has 0 spiro atoms. The van der Waals surface area contributed by atoms with Crippen molar-refractivity contribution in [1.29, 1.82) is 0 Å². The van der Waals surface area contributed by atoms with Crippen molar-refractivity contribution in [1.82, 2.24) is 4.98 Å². The molecule has 0 aliphatic carbocycles. The molecule has 3 nitrogen and oxygen atoms in total. The molecule has 1 amide bonds. The first-order chi connectivity index (χ1) is 7.15. The molecule has 0 saturated heterocycles. The van der Waals surface area contributed by atoms with E-state index in [0.717, 1.165) is 10.2 Å². The van der Waals surface area contributed by atoms with E-state index in [-0.39, 0.29) is 11.8 Å². The Balaban J connectivity index is 2.62. The number of amides is 1. The molecule has 1 unspecified atom stereocenters. The fourth-order valence-corrected chi connectivity index (χ4v) is 2.05.